The van der Waals surface area contributed by atoms with Crippen molar-refractivity contribution < 1.29 is 19.5 Å². The number of rotatable bonds is 5. The Kier molecular flexibility index (Phi) is 5.71. The molecule has 1 atom stereocenters. The summed E-state index contributed by atoms with van der Waals surface area (Å²) in [6.45, 7) is 5.07. The van der Waals surface area contributed by atoms with E-state index in [-0.39, 0.29) is 12.1 Å². The third-order valence-electron chi connectivity index (χ3n) is 2.54. The molecule has 1 aromatic carbocycles. The summed E-state index contributed by atoms with van der Waals surface area (Å²) in [5.41, 5.74) is 0.855. The Hall–Kier alpha value is -2.57. The second-order valence-corrected chi connectivity index (χ2v) is 4.86. The molecule has 0 unspecified atom stereocenters. The molecule has 7 heteroatoms. The number of urea groups is 1. The summed E-state index contributed by atoms with van der Waals surface area (Å²) in [6, 6.07) is 4.88. The van der Waals surface area contributed by atoms with E-state index in [1.807, 2.05) is 13.8 Å². The molecule has 0 heterocycles. The van der Waals surface area contributed by atoms with Gasteiger partial charge in [0.25, 0.3) is 5.91 Å². The van der Waals surface area contributed by atoms with Gasteiger partial charge >= 0.3 is 12.0 Å². The largest absolute Gasteiger partial charge is 0.480 e. The molecule has 0 bridgehead atoms. The van der Waals surface area contributed by atoms with Crippen molar-refractivity contribution in [3.8, 4) is 0 Å². The highest BCUT2D eigenvalue weighted by Gasteiger charge is 2.15. The highest BCUT2D eigenvalue weighted by Crippen LogP contribution is 2.09. The van der Waals surface area contributed by atoms with E-state index in [4.69, 9.17) is 5.11 Å². The maximum Gasteiger partial charge on any atom is 0.325 e. The number of anilines is 1. The van der Waals surface area contributed by atoms with Crippen LogP contribution in [0.2, 0.25) is 0 Å². The SMILES string of the molecule is CC(C)NC(=O)Nc1ccc(C(=O)N[C@@H](C)C(=O)O)cc1. The molecule has 21 heavy (non-hydrogen) atoms. The standard InChI is InChI=1S/C14H19N3O4/c1-8(2)15-14(21)17-11-6-4-10(5-7-11)12(18)16-9(3)13(19)20/h4-9H,1-3H3,(H,16,18)(H,19,20)(H2,15,17,21)/t9-/m0/s1. The van der Waals surface area contributed by atoms with Crippen molar-refractivity contribution in [3.63, 3.8) is 0 Å². The summed E-state index contributed by atoms with van der Waals surface area (Å²) >= 11 is 0. The maximum absolute atomic E-state index is 11.8. The van der Waals surface area contributed by atoms with Crippen molar-refractivity contribution in [2.24, 2.45) is 0 Å². The lowest BCUT2D eigenvalue weighted by molar-refractivity contribution is -0.138. The zero-order chi connectivity index (χ0) is 16.0. The predicted molar refractivity (Wildman–Crippen MR) is 78.3 cm³/mol. The van der Waals surface area contributed by atoms with Crippen LogP contribution in [0.5, 0.6) is 0 Å². The van der Waals surface area contributed by atoms with Gasteiger partial charge in [-0.2, -0.15) is 0 Å². The number of carbonyl (C=O) groups excluding carboxylic acids is 2. The van der Waals surface area contributed by atoms with Crippen LogP contribution in [0.15, 0.2) is 24.3 Å². The summed E-state index contributed by atoms with van der Waals surface area (Å²) in [7, 11) is 0. The lowest BCUT2D eigenvalue weighted by Gasteiger charge is -2.11. The van der Waals surface area contributed by atoms with Gasteiger partial charge in [0, 0.05) is 17.3 Å². The van der Waals surface area contributed by atoms with Gasteiger partial charge in [0.2, 0.25) is 0 Å². The minimum atomic E-state index is -1.10. The highest BCUT2D eigenvalue weighted by atomic mass is 16.4. The maximum atomic E-state index is 11.8. The molecule has 0 aliphatic heterocycles. The van der Waals surface area contributed by atoms with Crippen molar-refractivity contribution in [3.05, 3.63) is 29.8 Å². The number of carboxylic acid groups (broad SMARTS) is 1. The molecule has 0 radical (unpaired) electrons. The lowest BCUT2D eigenvalue weighted by Crippen LogP contribution is -2.38. The minimum absolute atomic E-state index is 0.0209. The van der Waals surface area contributed by atoms with Gasteiger partial charge in [-0.1, -0.05) is 0 Å². The second kappa shape index (κ2) is 7.28. The van der Waals surface area contributed by atoms with Gasteiger partial charge in [-0.05, 0) is 45.0 Å². The monoisotopic (exact) mass is 293 g/mol. The Morgan fingerprint density at radius 1 is 1.00 bits per heavy atom. The van der Waals surface area contributed by atoms with Gasteiger partial charge in [-0.3, -0.25) is 9.59 Å². The summed E-state index contributed by atoms with van der Waals surface area (Å²) in [6.07, 6.45) is 0. The van der Waals surface area contributed by atoms with Crippen molar-refractivity contribution in [2.75, 3.05) is 5.32 Å². The molecule has 0 fully saturated rings. The molecule has 3 amide bonds. The second-order valence-electron chi connectivity index (χ2n) is 4.86. The van der Waals surface area contributed by atoms with E-state index in [0.717, 1.165) is 0 Å². The van der Waals surface area contributed by atoms with E-state index in [0.29, 0.717) is 11.3 Å². The van der Waals surface area contributed by atoms with Crippen molar-refractivity contribution in [1.82, 2.24) is 10.6 Å². The Morgan fingerprint density at radius 3 is 2.05 bits per heavy atom. The average molecular weight is 293 g/mol. The topological polar surface area (TPSA) is 108 Å². The molecule has 0 saturated carbocycles. The van der Waals surface area contributed by atoms with Gasteiger partial charge in [-0.15, -0.1) is 0 Å². The molecular formula is C14H19N3O4. The van der Waals surface area contributed by atoms with Crippen LogP contribution in [-0.2, 0) is 4.79 Å². The molecule has 0 aliphatic carbocycles. The number of amides is 3. The Bertz CT molecular complexity index is 526. The van der Waals surface area contributed by atoms with E-state index in [1.165, 1.54) is 19.1 Å². The van der Waals surface area contributed by atoms with Gasteiger partial charge in [0.1, 0.15) is 6.04 Å². The summed E-state index contributed by atoms with van der Waals surface area (Å²) in [5, 5.41) is 16.4. The first-order valence-corrected chi connectivity index (χ1v) is 6.51. The molecule has 1 aromatic rings. The molecule has 114 valence electrons. The van der Waals surface area contributed by atoms with Crippen LogP contribution in [0, 0.1) is 0 Å². The zero-order valence-electron chi connectivity index (χ0n) is 12.1. The number of hydrogen-bond acceptors (Lipinski definition) is 3. The molecule has 0 aliphatic rings. The van der Waals surface area contributed by atoms with Crippen molar-refractivity contribution >= 4 is 23.6 Å². The molecule has 7 nitrogen and oxygen atoms in total. The Morgan fingerprint density at radius 2 is 1.57 bits per heavy atom. The molecule has 0 saturated heterocycles. The fourth-order valence-corrected chi connectivity index (χ4v) is 1.48. The summed E-state index contributed by atoms with van der Waals surface area (Å²) in [4.78, 5) is 33.9. The summed E-state index contributed by atoms with van der Waals surface area (Å²) < 4.78 is 0. The van der Waals surface area contributed by atoms with Crippen LogP contribution in [0.1, 0.15) is 31.1 Å². The fraction of sp³-hybridized carbons (Fsp3) is 0.357. The van der Waals surface area contributed by atoms with Gasteiger partial charge in [0.05, 0.1) is 0 Å². The van der Waals surface area contributed by atoms with Gasteiger partial charge in [-0.25, -0.2) is 4.79 Å². The van der Waals surface area contributed by atoms with Crippen LogP contribution in [0.25, 0.3) is 0 Å². The van der Waals surface area contributed by atoms with E-state index in [1.54, 1.807) is 12.1 Å². The molecule has 0 spiro atoms. The van der Waals surface area contributed by atoms with E-state index >= 15 is 0 Å². The first-order chi connectivity index (χ1) is 9.79. The quantitative estimate of drug-likeness (QED) is 0.658. The first kappa shape index (κ1) is 16.5. The lowest BCUT2D eigenvalue weighted by atomic mass is 10.2. The Labute approximate surface area is 122 Å². The van der Waals surface area contributed by atoms with Crippen LogP contribution in [0.3, 0.4) is 0 Å². The van der Waals surface area contributed by atoms with E-state index < -0.39 is 17.9 Å². The van der Waals surface area contributed by atoms with Gasteiger partial charge in [0.15, 0.2) is 0 Å². The van der Waals surface area contributed by atoms with Crippen LogP contribution < -0.4 is 16.0 Å². The number of aliphatic carboxylic acids is 1. The third-order valence-corrected chi connectivity index (χ3v) is 2.54. The molecule has 1 rings (SSSR count). The first-order valence-electron chi connectivity index (χ1n) is 6.51. The number of hydrogen-bond donors (Lipinski definition) is 4. The zero-order valence-corrected chi connectivity index (χ0v) is 12.1. The number of carbonyl (C=O) groups is 3. The highest BCUT2D eigenvalue weighted by molar-refractivity contribution is 5.97. The predicted octanol–water partition coefficient (Wildman–Crippen LogP) is 1.42. The molecule has 4 N–H and O–H groups in total. The summed E-state index contributed by atoms with van der Waals surface area (Å²) in [5.74, 6) is -1.59. The van der Waals surface area contributed by atoms with Gasteiger partial charge < -0.3 is 21.1 Å². The van der Waals surface area contributed by atoms with Crippen LogP contribution in [-0.4, -0.2) is 35.1 Å². The van der Waals surface area contributed by atoms with Crippen molar-refractivity contribution in [1.29, 1.82) is 0 Å². The number of benzene rings is 1. The normalized spacial score (nSPS) is 11.6. The molecular weight excluding hydrogens is 274 g/mol. The minimum Gasteiger partial charge on any atom is -0.480 e. The molecule has 0 aromatic heterocycles. The Balaban J connectivity index is 2.63. The van der Waals surface area contributed by atoms with E-state index in [9.17, 15) is 14.4 Å². The fourth-order valence-electron chi connectivity index (χ4n) is 1.48. The van der Waals surface area contributed by atoms with E-state index in [2.05, 4.69) is 16.0 Å². The van der Waals surface area contributed by atoms with Crippen LogP contribution in [0.4, 0.5) is 10.5 Å². The number of nitrogens with one attached hydrogen (secondary N) is 3. The third kappa shape index (κ3) is 5.52. The average Bonchev–Trinajstić information content (AvgIpc) is 2.38. The number of carboxylic acids is 1. The smallest absolute Gasteiger partial charge is 0.325 e. The van der Waals surface area contributed by atoms with Crippen LogP contribution >= 0.6 is 0 Å². The van der Waals surface area contributed by atoms with Crippen molar-refractivity contribution in [2.45, 2.75) is 32.9 Å².